The lowest BCUT2D eigenvalue weighted by Crippen LogP contribution is -2.49. The lowest BCUT2D eigenvalue weighted by atomic mass is 9.83. The molecule has 1 saturated heterocycles. The maximum Gasteiger partial charge on any atom is 0.255 e. The summed E-state index contributed by atoms with van der Waals surface area (Å²) < 4.78 is 7.03. The lowest BCUT2D eigenvalue weighted by molar-refractivity contribution is -0.134. The standard InChI is InChI=1S/C22H29N3O3S/c1-23(15-19-4-3-9-29-19)13-17-5-6-20-18-10-16(12-25(20)22(17)27)11-24(14-18)21(26)7-8-28-2/h3-6,9,16,18H,7-8,10-15H2,1-2H3/t16-,18+/m0/s1. The predicted molar refractivity (Wildman–Crippen MR) is 114 cm³/mol. The number of ether oxygens (including phenoxy) is 1. The maximum atomic E-state index is 13.2. The third-order valence-electron chi connectivity index (χ3n) is 6.00. The van der Waals surface area contributed by atoms with Crippen molar-refractivity contribution in [3.63, 3.8) is 0 Å². The summed E-state index contributed by atoms with van der Waals surface area (Å²) in [7, 11) is 3.68. The summed E-state index contributed by atoms with van der Waals surface area (Å²) in [4.78, 5) is 31.1. The van der Waals surface area contributed by atoms with E-state index in [-0.39, 0.29) is 17.4 Å². The Balaban J connectivity index is 1.48. The first-order valence-electron chi connectivity index (χ1n) is 10.3. The minimum Gasteiger partial charge on any atom is -0.384 e. The summed E-state index contributed by atoms with van der Waals surface area (Å²) in [5.74, 6) is 0.758. The van der Waals surface area contributed by atoms with Gasteiger partial charge in [0.05, 0.1) is 13.0 Å². The number of aromatic nitrogens is 1. The van der Waals surface area contributed by atoms with Gasteiger partial charge in [-0.15, -0.1) is 11.3 Å². The van der Waals surface area contributed by atoms with Crippen LogP contribution in [0.1, 0.15) is 34.9 Å². The molecule has 0 aromatic carbocycles. The van der Waals surface area contributed by atoms with Gasteiger partial charge in [0.25, 0.3) is 5.56 Å². The molecule has 0 unspecified atom stereocenters. The zero-order valence-electron chi connectivity index (χ0n) is 17.2. The van der Waals surface area contributed by atoms with Crippen molar-refractivity contribution in [2.24, 2.45) is 5.92 Å². The highest BCUT2D eigenvalue weighted by molar-refractivity contribution is 7.09. The number of fused-ring (bicyclic) bond motifs is 4. The van der Waals surface area contributed by atoms with Crippen LogP contribution in [0.15, 0.2) is 34.4 Å². The van der Waals surface area contributed by atoms with Gasteiger partial charge in [-0.2, -0.15) is 0 Å². The van der Waals surface area contributed by atoms with E-state index in [4.69, 9.17) is 4.74 Å². The van der Waals surface area contributed by atoms with Gasteiger partial charge in [-0.3, -0.25) is 14.5 Å². The van der Waals surface area contributed by atoms with Crippen LogP contribution in [0, 0.1) is 5.92 Å². The zero-order valence-corrected chi connectivity index (χ0v) is 18.0. The molecule has 2 aromatic heterocycles. The molecule has 6 nitrogen and oxygen atoms in total. The second kappa shape index (κ2) is 8.81. The number of nitrogens with zero attached hydrogens (tertiary/aromatic N) is 3. The minimum absolute atomic E-state index is 0.134. The van der Waals surface area contributed by atoms with E-state index in [1.807, 2.05) is 15.5 Å². The number of thiophene rings is 1. The average molecular weight is 416 g/mol. The lowest BCUT2D eigenvalue weighted by Gasteiger charge is -2.43. The molecule has 2 atom stereocenters. The first kappa shape index (κ1) is 20.3. The van der Waals surface area contributed by atoms with Crippen molar-refractivity contribution in [2.45, 2.75) is 38.4 Å². The van der Waals surface area contributed by atoms with Gasteiger partial charge in [-0.25, -0.2) is 0 Å². The molecule has 0 saturated carbocycles. The van der Waals surface area contributed by atoms with E-state index in [9.17, 15) is 9.59 Å². The van der Waals surface area contributed by atoms with Gasteiger partial charge in [0.15, 0.2) is 0 Å². The minimum atomic E-state index is 0.134. The fraction of sp³-hybridized carbons (Fsp3) is 0.545. The number of methoxy groups -OCH3 is 1. The quantitative estimate of drug-likeness (QED) is 0.697. The van der Waals surface area contributed by atoms with Crippen molar-refractivity contribution in [1.29, 1.82) is 0 Å². The first-order valence-corrected chi connectivity index (χ1v) is 11.1. The molecule has 2 aliphatic rings. The van der Waals surface area contributed by atoms with E-state index < -0.39 is 0 Å². The van der Waals surface area contributed by atoms with Crippen molar-refractivity contribution in [1.82, 2.24) is 14.4 Å². The Morgan fingerprint density at radius 1 is 1.24 bits per heavy atom. The highest BCUT2D eigenvalue weighted by atomic mass is 32.1. The van der Waals surface area contributed by atoms with Gasteiger partial charge < -0.3 is 14.2 Å². The monoisotopic (exact) mass is 415 g/mol. The highest BCUT2D eigenvalue weighted by Crippen LogP contribution is 2.35. The summed E-state index contributed by atoms with van der Waals surface area (Å²) in [5.41, 5.74) is 2.07. The number of amides is 1. The topological polar surface area (TPSA) is 54.8 Å². The number of likely N-dealkylation sites (tertiary alicyclic amines) is 1. The van der Waals surface area contributed by atoms with Crippen LogP contribution in [0.2, 0.25) is 0 Å². The number of carbonyl (C=O) groups excluding carboxylic acids is 1. The van der Waals surface area contributed by atoms with E-state index >= 15 is 0 Å². The van der Waals surface area contributed by atoms with Crippen LogP contribution in [0.4, 0.5) is 0 Å². The molecule has 2 bridgehead atoms. The number of rotatable bonds is 7. The second-order valence-electron chi connectivity index (χ2n) is 8.29. The van der Waals surface area contributed by atoms with Crippen LogP contribution < -0.4 is 5.56 Å². The molecule has 2 aromatic rings. The molecule has 29 heavy (non-hydrogen) atoms. The van der Waals surface area contributed by atoms with Gasteiger partial charge in [0, 0.05) is 61.9 Å². The van der Waals surface area contributed by atoms with Crippen molar-refractivity contribution in [2.75, 3.05) is 33.9 Å². The van der Waals surface area contributed by atoms with Gasteiger partial charge in [-0.05, 0) is 36.9 Å². The van der Waals surface area contributed by atoms with Crippen LogP contribution in [-0.2, 0) is 29.2 Å². The number of hydrogen-bond acceptors (Lipinski definition) is 5. The molecule has 0 spiro atoms. The Morgan fingerprint density at radius 3 is 2.86 bits per heavy atom. The van der Waals surface area contributed by atoms with E-state index in [1.54, 1.807) is 18.4 Å². The smallest absolute Gasteiger partial charge is 0.255 e. The van der Waals surface area contributed by atoms with E-state index in [0.717, 1.165) is 30.8 Å². The molecule has 0 radical (unpaired) electrons. The number of carbonyl (C=O) groups is 1. The summed E-state index contributed by atoms with van der Waals surface area (Å²) >= 11 is 1.74. The number of piperidine rings is 1. The SMILES string of the molecule is COCCC(=O)N1C[C@@H]2C[C@H](C1)c1ccc(CN(C)Cc3cccs3)c(=O)n1C2. The number of hydrogen-bond donors (Lipinski definition) is 0. The van der Waals surface area contributed by atoms with Crippen molar-refractivity contribution >= 4 is 17.2 Å². The first-order chi connectivity index (χ1) is 14.0. The van der Waals surface area contributed by atoms with Gasteiger partial charge in [0.1, 0.15) is 0 Å². The maximum absolute atomic E-state index is 13.2. The Bertz CT molecular complexity index is 909. The van der Waals surface area contributed by atoms with E-state index in [0.29, 0.717) is 38.6 Å². The van der Waals surface area contributed by atoms with Crippen LogP contribution in [0.25, 0.3) is 0 Å². The zero-order chi connectivity index (χ0) is 20.4. The molecular formula is C22H29N3O3S. The van der Waals surface area contributed by atoms with E-state index in [2.05, 4.69) is 35.5 Å². The van der Waals surface area contributed by atoms with Crippen molar-refractivity contribution in [3.05, 3.63) is 56.1 Å². The molecule has 4 rings (SSSR count). The predicted octanol–water partition coefficient (Wildman–Crippen LogP) is 2.52. The van der Waals surface area contributed by atoms with Crippen LogP contribution >= 0.6 is 11.3 Å². The van der Waals surface area contributed by atoms with Crippen LogP contribution in [-0.4, -0.2) is 54.1 Å². The fourth-order valence-electron chi connectivity index (χ4n) is 4.68. The summed E-state index contributed by atoms with van der Waals surface area (Å²) in [6.45, 7) is 4.12. The number of pyridine rings is 1. The van der Waals surface area contributed by atoms with Gasteiger partial charge in [0.2, 0.25) is 5.91 Å². The Labute approximate surface area is 175 Å². The normalized spacial score (nSPS) is 20.7. The summed E-state index contributed by atoms with van der Waals surface area (Å²) in [5, 5.41) is 2.08. The van der Waals surface area contributed by atoms with Crippen LogP contribution in [0.3, 0.4) is 0 Å². The Hall–Kier alpha value is -1.96. The molecule has 0 aliphatic carbocycles. The molecular weight excluding hydrogens is 386 g/mol. The van der Waals surface area contributed by atoms with Gasteiger partial charge in [-0.1, -0.05) is 12.1 Å². The molecule has 1 amide bonds. The molecule has 0 N–H and O–H groups in total. The highest BCUT2D eigenvalue weighted by Gasteiger charge is 2.36. The summed E-state index contributed by atoms with van der Waals surface area (Å²) in [6.07, 6.45) is 1.49. The second-order valence-corrected chi connectivity index (χ2v) is 9.32. The fourth-order valence-corrected chi connectivity index (χ4v) is 5.46. The molecule has 156 valence electrons. The Morgan fingerprint density at radius 2 is 2.10 bits per heavy atom. The third-order valence-corrected chi connectivity index (χ3v) is 6.86. The van der Waals surface area contributed by atoms with Crippen LogP contribution in [0.5, 0.6) is 0 Å². The molecule has 4 heterocycles. The van der Waals surface area contributed by atoms with Crippen molar-refractivity contribution in [3.8, 4) is 0 Å². The van der Waals surface area contributed by atoms with Crippen molar-refractivity contribution < 1.29 is 9.53 Å². The largest absolute Gasteiger partial charge is 0.384 e. The average Bonchev–Trinajstić information content (AvgIpc) is 3.21. The summed E-state index contributed by atoms with van der Waals surface area (Å²) in [6, 6.07) is 8.29. The molecule has 7 heteroatoms. The third kappa shape index (κ3) is 4.47. The molecule has 2 aliphatic heterocycles. The van der Waals surface area contributed by atoms with Gasteiger partial charge >= 0.3 is 0 Å². The van der Waals surface area contributed by atoms with E-state index in [1.165, 1.54) is 4.88 Å². The molecule has 1 fully saturated rings. The Kier molecular flexibility index (Phi) is 6.18.